The molecule has 0 saturated carbocycles. The van der Waals surface area contributed by atoms with Gasteiger partial charge in [-0.3, -0.25) is 4.98 Å². The number of hydrazone groups is 1. The molecule has 0 radical (unpaired) electrons. The number of amides is 2. The van der Waals surface area contributed by atoms with Crippen molar-refractivity contribution in [3.05, 3.63) is 54.4 Å². The molecule has 0 spiro atoms. The van der Waals surface area contributed by atoms with Crippen LogP contribution in [-0.4, -0.2) is 22.3 Å². The van der Waals surface area contributed by atoms with Gasteiger partial charge in [-0.25, -0.2) is 10.2 Å². The van der Waals surface area contributed by atoms with Crippen molar-refractivity contribution in [2.24, 2.45) is 5.10 Å². The molecule has 0 aliphatic heterocycles. The summed E-state index contributed by atoms with van der Waals surface area (Å²) in [5.41, 5.74) is 3.22. The zero-order valence-corrected chi connectivity index (χ0v) is 9.95. The number of pyridine rings is 1. The van der Waals surface area contributed by atoms with Crippen molar-refractivity contribution in [3.63, 3.8) is 0 Å². The Morgan fingerprint density at radius 2 is 2.00 bits per heavy atom. The Kier molecular flexibility index (Phi) is 4.07. The van der Waals surface area contributed by atoms with Crippen molar-refractivity contribution in [2.45, 2.75) is 0 Å². The second-order valence-electron chi connectivity index (χ2n) is 3.60. The first-order valence-electron chi connectivity index (χ1n) is 5.55. The number of rotatable bonds is 3. The topological polar surface area (TPSA) is 86.6 Å². The standard InChI is InChI=1S/C13H12N4O2/c18-12-7-4-8-14-11(12)9-15-17-13(19)16-10-5-2-1-3-6-10/h1-9,18H,(H2,16,17,19). The molecule has 2 aromatic rings. The molecule has 0 unspecified atom stereocenters. The fourth-order valence-corrected chi connectivity index (χ4v) is 1.34. The van der Waals surface area contributed by atoms with Crippen LogP contribution < -0.4 is 10.7 Å². The molecular weight excluding hydrogens is 244 g/mol. The molecule has 0 aliphatic carbocycles. The summed E-state index contributed by atoms with van der Waals surface area (Å²) in [7, 11) is 0. The van der Waals surface area contributed by atoms with Gasteiger partial charge in [0.25, 0.3) is 0 Å². The largest absolute Gasteiger partial charge is 0.506 e. The third-order valence-electron chi connectivity index (χ3n) is 2.20. The first kappa shape index (κ1) is 12.6. The molecule has 19 heavy (non-hydrogen) atoms. The van der Waals surface area contributed by atoms with Crippen LogP contribution in [0.2, 0.25) is 0 Å². The Morgan fingerprint density at radius 3 is 2.74 bits per heavy atom. The lowest BCUT2D eigenvalue weighted by Gasteiger charge is -2.03. The highest BCUT2D eigenvalue weighted by Gasteiger charge is 1.99. The maximum absolute atomic E-state index is 11.5. The number of anilines is 1. The predicted octanol–water partition coefficient (Wildman–Crippen LogP) is 1.94. The van der Waals surface area contributed by atoms with Gasteiger partial charge in [-0.1, -0.05) is 18.2 Å². The van der Waals surface area contributed by atoms with Crippen molar-refractivity contribution < 1.29 is 9.90 Å². The lowest BCUT2D eigenvalue weighted by Crippen LogP contribution is -2.24. The van der Waals surface area contributed by atoms with E-state index in [9.17, 15) is 9.90 Å². The Morgan fingerprint density at radius 1 is 1.21 bits per heavy atom. The Balaban J connectivity index is 1.89. The SMILES string of the molecule is O=C(NN=Cc1ncccc1O)Nc1ccccc1. The number of nitrogens with one attached hydrogen (secondary N) is 2. The number of hydrogen-bond acceptors (Lipinski definition) is 4. The van der Waals surface area contributed by atoms with E-state index in [0.29, 0.717) is 5.69 Å². The molecule has 1 aromatic carbocycles. The molecule has 0 atom stereocenters. The smallest absolute Gasteiger partial charge is 0.339 e. The molecule has 0 saturated heterocycles. The highest BCUT2D eigenvalue weighted by Crippen LogP contribution is 2.09. The highest BCUT2D eigenvalue weighted by molar-refractivity contribution is 5.90. The van der Waals surface area contributed by atoms with E-state index in [4.69, 9.17) is 0 Å². The highest BCUT2D eigenvalue weighted by atomic mass is 16.3. The Hall–Kier alpha value is -2.89. The first-order valence-corrected chi connectivity index (χ1v) is 5.55. The number of urea groups is 1. The minimum absolute atomic E-state index is 0.00322. The van der Waals surface area contributed by atoms with Gasteiger partial charge in [0, 0.05) is 11.9 Å². The van der Waals surface area contributed by atoms with Crippen LogP contribution in [0.25, 0.3) is 0 Å². The van der Waals surface area contributed by atoms with Gasteiger partial charge < -0.3 is 10.4 Å². The summed E-state index contributed by atoms with van der Waals surface area (Å²) < 4.78 is 0. The van der Waals surface area contributed by atoms with Gasteiger partial charge in [0.15, 0.2) is 0 Å². The molecule has 96 valence electrons. The van der Waals surface area contributed by atoms with E-state index in [2.05, 4.69) is 20.8 Å². The van der Waals surface area contributed by atoms with Crippen LogP contribution in [0, 0.1) is 0 Å². The maximum atomic E-state index is 11.5. The maximum Gasteiger partial charge on any atom is 0.339 e. The molecule has 6 nitrogen and oxygen atoms in total. The fraction of sp³-hybridized carbons (Fsp3) is 0. The second-order valence-corrected chi connectivity index (χ2v) is 3.60. The van der Waals surface area contributed by atoms with Crippen LogP contribution in [0.4, 0.5) is 10.5 Å². The van der Waals surface area contributed by atoms with E-state index in [1.54, 1.807) is 18.2 Å². The molecule has 6 heteroatoms. The number of para-hydroxylation sites is 1. The molecule has 3 N–H and O–H groups in total. The van der Waals surface area contributed by atoms with Crippen molar-refractivity contribution in [1.29, 1.82) is 0 Å². The van der Waals surface area contributed by atoms with E-state index < -0.39 is 6.03 Å². The van der Waals surface area contributed by atoms with Crippen LogP contribution in [0.5, 0.6) is 5.75 Å². The van der Waals surface area contributed by atoms with E-state index in [0.717, 1.165) is 0 Å². The van der Waals surface area contributed by atoms with Crippen LogP contribution in [0.1, 0.15) is 5.69 Å². The van der Waals surface area contributed by atoms with Crippen LogP contribution in [0.15, 0.2) is 53.8 Å². The van der Waals surface area contributed by atoms with Gasteiger partial charge >= 0.3 is 6.03 Å². The summed E-state index contributed by atoms with van der Waals surface area (Å²) >= 11 is 0. The van der Waals surface area contributed by atoms with Crippen LogP contribution >= 0.6 is 0 Å². The van der Waals surface area contributed by atoms with Crippen molar-refractivity contribution in [1.82, 2.24) is 10.4 Å². The third-order valence-corrected chi connectivity index (χ3v) is 2.20. The van der Waals surface area contributed by atoms with E-state index >= 15 is 0 Å². The van der Waals surface area contributed by atoms with Gasteiger partial charge in [-0.05, 0) is 24.3 Å². The quantitative estimate of drug-likeness (QED) is 0.579. The number of hydrogen-bond donors (Lipinski definition) is 3. The summed E-state index contributed by atoms with van der Waals surface area (Å²) in [6, 6.07) is 11.6. The molecule has 2 amide bonds. The number of carbonyl (C=O) groups excluding carboxylic acids is 1. The molecular formula is C13H12N4O2. The second kappa shape index (κ2) is 6.15. The molecule has 0 aliphatic rings. The average molecular weight is 256 g/mol. The minimum Gasteiger partial charge on any atom is -0.506 e. The third kappa shape index (κ3) is 3.81. The van der Waals surface area contributed by atoms with Gasteiger partial charge in [-0.2, -0.15) is 5.10 Å². The first-order chi connectivity index (χ1) is 9.25. The number of aromatic hydroxyl groups is 1. The van der Waals surface area contributed by atoms with Crippen molar-refractivity contribution in [2.75, 3.05) is 5.32 Å². The fourth-order valence-electron chi connectivity index (χ4n) is 1.34. The summed E-state index contributed by atoms with van der Waals surface area (Å²) in [4.78, 5) is 15.4. The van der Waals surface area contributed by atoms with Crippen molar-refractivity contribution in [3.8, 4) is 5.75 Å². The van der Waals surface area contributed by atoms with Crippen molar-refractivity contribution >= 4 is 17.9 Å². The number of benzene rings is 1. The Bertz CT molecular complexity index is 584. The van der Waals surface area contributed by atoms with Gasteiger partial charge in [-0.15, -0.1) is 0 Å². The number of carbonyl (C=O) groups is 1. The summed E-state index contributed by atoms with van der Waals surface area (Å²) in [6.45, 7) is 0. The molecule has 0 bridgehead atoms. The average Bonchev–Trinajstić information content (AvgIpc) is 2.42. The van der Waals surface area contributed by atoms with E-state index in [-0.39, 0.29) is 11.4 Å². The molecule has 2 rings (SSSR count). The number of nitrogens with zero attached hydrogens (tertiary/aromatic N) is 2. The Labute approximate surface area is 109 Å². The monoisotopic (exact) mass is 256 g/mol. The molecule has 1 aromatic heterocycles. The van der Waals surface area contributed by atoms with E-state index in [1.165, 1.54) is 18.5 Å². The summed E-state index contributed by atoms with van der Waals surface area (Å²) in [6.07, 6.45) is 2.78. The zero-order chi connectivity index (χ0) is 13.5. The number of aromatic nitrogens is 1. The predicted molar refractivity (Wildman–Crippen MR) is 72.1 cm³/mol. The normalized spacial score (nSPS) is 10.3. The minimum atomic E-state index is -0.474. The van der Waals surface area contributed by atoms with Gasteiger partial charge in [0.1, 0.15) is 11.4 Å². The summed E-state index contributed by atoms with van der Waals surface area (Å²) in [5, 5.41) is 15.7. The van der Waals surface area contributed by atoms with Crippen LogP contribution in [0.3, 0.4) is 0 Å². The van der Waals surface area contributed by atoms with Gasteiger partial charge in [0.05, 0.1) is 6.21 Å². The van der Waals surface area contributed by atoms with Gasteiger partial charge in [0.2, 0.25) is 0 Å². The van der Waals surface area contributed by atoms with Crippen LogP contribution in [-0.2, 0) is 0 Å². The molecule has 1 heterocycles. The van der Waals surface area contributed by atoms with E-state index in [1.807, 2.05) is 18.2 Å². The molecule has 0 fully saturated rings. The lowest BCUT2D eigenvalue weighted by atomic mass is 10.3. The zero-order valence-electron chi connectivity index (χ0n) is 9.95. The lowest BCUT2D eigenvalue weighted by molar-refractivity contribution is 0.252. The summed E-state index contributed by atoms with van der Waals surface area (Å²) in [5.74, 6) is -0.00322.